The Morgan fingerprint density at radius 2 is 2.04 bits per heavy atom. The lowest BCUT2D eigenvalue weighted by Gasteiger charge is -2.35. The summed E-state index contributed by atoms with van der Waals surface area (Å²) >= 11 is 5.17. The topological polar surface area (TPSA) is 41.6 Å². The molecule has 0 aliphatic carbocycles. The molecule has 0 aromatic heterocycles. The zero-order valence-electron chi connectivity index (χ0n) is 12.7. The second-order valence-corrected chi connectivity index (χ2v) is 5.44. The minimum absolute atomic E-state index is 0.225. The van der Waals surface area contributed by atoms with Gasteiger partial charge in [-0.2, -0.15) is 13.2 Å². The first kappa shape index (κ1) is 17.3. The maximum absolute atomic E-state index is 12.9. The number of nitrogens with one attached hydrogen (secondary N) is 1. The smallest absolute Gasteiger partial charge is 0.416 e. The summed E-state index contributed by atoms with van der Waals surface area (Å²) in [4.78, 5) is 13.7. The van der Waals surface area contributed by atoms with E-state index >= 15 is 0 Å². The first-order valence-corrected chi connectivity index (χ1v) is 7.08. The van der Waals surface area contributed by atoms with Gasteiger partial charge < -0.3 is 15.0 Å². The first-order valence-electron chi connectivity index (χ1n) is 6.67. The second-order valence-electron chi connectivity index (χ2n) is 5.06. The van der Waals surface area contributed by atoms with Crippen LogP contribution in [0.4, 0.5) is 13.2 Å². The number of hydrogen-bond donors (Lipinski definition) is 1. The van der Waals surface area contributed by atoms with Crippen molar-refractivity contribution in [3.8, 4) is 0 Å². The van der Waals surface area contributed by atoms with Gasteiger partial charge in [-0.05, 0) is 36.8 Å². The van der Waals surface area contributed by atoms with Gasteiger partial charge in [-0.1, -0.05) is 12.1 Å². The Hall–Kier alpha value is -2.09. The van der Waals surface area contributed by atoms with Crippen molar-refractivity contribution in [3.63, 3.8) is 0 Å². The van der Waals surface area contributed by atoms with Gasteiger partial charge in [0.25, 0.3) is 0 Å². The van der Waals surface area contributed by atoms with Gasteiger partial charge >= 0.3 is 12.1 Å². The lowest BCUT2D eigenvalue weighted by atomic mass is 9.94. The van der Waals surface area contributed by atoms with Crippen molar-refractivity contribution in [1.82, 2.24) is 10.2 Å². The van der Waals surface area contributed by atoms with Crippen LogP contribution in [0.2, 0.25) is 0 Å². The predicted octanol–water partition coefficient (Wildman–Crippen LogP) is 3.01. The van der Waals surface area contributed by atoms with Gasteiger partial charge in [0, 0.05) is 12.7 Å². The van der Waals surface area contributed by atoms with Crippen molar-refractivity contribution >= 4 is 23.3 Å². The van der Waals surface area contributed by atoms with E-state index in [1.807, 2.05) is 0 Å². The van der Waals surface area contributed by atoms with Gasteiger partial charge in [0.15, 0.2) is 5.11 Å². The molecule has 124 valence electrons. The van der Waals surface area contributed by atoms with Crippen LogP contribution in [-0.2, 0) is 15.7 Å². The quantitative estimate of drug-likeness (QED) is 0.660. The minimum Gasteiger partial charge on any atom is -0.466 e. The lowest BCUT2D eigenvalue weighted by molar-refractivity contribution is -0.137. The fourth-order valence-corrected chi connectivity index (χ4v) is 2.61. The molecule has 1 aromatic carbocycles. The van der Waals surface area contributed by atoms with Gasteiger partial charge in [-0.3, -0.25) is 0 Å². The number of thiocarbonyl (C=S) groups is 1. The highest BCUT2D eigenvalue weighted by atomic mass is 32.1. The molecule has 0 amide bonds. The van der Waals surface area contributed by atoms with Gasteiger partial charge in [0.05, 0.1) is 24.3 Å². The van der Waals surface area contributed by atoms with Gasteiger partial charge in [0.1, 0.15) is 0 Å². The number of ether oxygens (including phenoxy) is 1. The number of allylic oxidation sites excluding steroid dienone is 1. The summed E-state index contributed by atoms with van der Waals surface area (Å²) in [6.07, 6.45) is -4.47. The third-order valence-electron chi connectivity index (χ3n) is 3.71. The van der Waals surface area contributed by atoms with E-state index in [1.165, 1.54) is 19.2 Å². The van der Waals surface area contributed by atoms with Crippen molar-refractivity contribution < 1.29 is 22.7 Å². The molecule has 0 saturated heterocycles. The molecule has 0 spiro atoms. The molecule has 0 fully saturated rings. The van der Waals surface area contributed by atoms with Crippen LogP contribution in [0.1, 0.15) is 24.1 Å². The Morgan fingerprint density at radius 3 is 2.61 bits per heavy atom. The third-order valence-corrected chi connectivity index (χ3v) is 4.10. The van der Waals surface area contributed by atoms with Gasteiger partial charge in [-0.15, -0.1) is 0 Å². The molecular formula is C15H15F3N2O2S. The van der Waals surface area contributed by atoms with E-state index in [1.54, 1.807) is 18.9 Å². The van der Waals surface area contributed by atoms with E-state index in [0.29, 0.717) is 10.8 Å². The second kappa shape index (κ2) is 6.19. The molecule has 0 unspecified atom stereocenters. The highest BCUT2D eigenvalue weighted by Gasteiger charge is 2.35. The molecule has 0 bridgehead atoms. The van der Waals surface area contributed by atoms with Crippen LogP contribution in [0.5, 0.6) is 0 Å². The predicted molar refractivity (Wildman–Crippen MR) is 82.4 cm³/mol. The summed E-state index contributed by atoms with van der Waals surface area (Å²) in [6, 6.07) is 3.99. The molecule has 23 heavy (non-hydrogen) atoms. The van der Waals surface area contributed by atoms with Crippen LogP contribution in [0.15, 0.2) is 35.5 Å². The molecular weight excluding hydrogens is 329 g/mol. The van der Waals surface area contributed by atoms with Crippen LogP contribution >= 0.6 is 12.2 Å². The molecule has 0 radical (unpaired) electrons. The molecule has 4 nitrogen and oxygen atoms in total. The number of nitrogens with zero attached hydrogens (tertiary/aromatic N) is 1. The Bertz CT molecular complexity index is 686. The SMILES string of the molecule is COC(=O)C1=C(C)N(C)C(=S)N[C@H]1c1cccc(C(F)(F)F)c1. The molecule has 1 heterocycles. The van der Waals surface area contributed by atoms with E-state index < -0.39 is 23.8 Å². The Balaban J connectivity index is 2.56. The maximum atomic E-state index is 12.9. The van der Waals surface area contributed by atoms with Crippen molar-refractivity contribution in [2.75, 3.05) is 14.2 Å². The summed E-state index contributed by atoms with van der Waals surface area (Å²) in [6.45, 7) is 1.67. The highest BCUT2D eigenvalue weighted by Crippen LogP contribution is 2.34. The van der Waals surface area contributed by atoms with Crippen LogP contribution in [-0.4, -0.2) is 30.1 Å². The molecule has 1 aliphatic heterocycles. The van der Waals surface area contributed by atoms with E-state index in [0.717, 1.165) is 12.1 Å². The first-order chi connectivity index (χ1) is 10.7. The standard InChI is InChI=1S/C15H15F3N2O2S/c1-8-11(13(21)22-3)12(19-14(23)20(8)2)9-5-4-6-10(7-9)15(16,17)18/h4-7,12H,1-3H3,(H,19,23)/t12-/m0/s1. The molecule has 0 saturated carbocycles. The molecule has 2 rings (SSSR count). The molecule has 1 N–H and O–H groups in total. The zero-order valence-corrected chi connectivity index (χ0v) is 13.5. The molecule has 8 heteroatoms. The third kappa shape index (κ3) is 3.31. The lowest BCUT2D eigenvalue weighted by Crippen LogP contribution is -2.46. The number of benzene rings is 1. The van der Waals surface area contributed by atoms with E-state index in [-0.39, 0.29) is 11.1 Å². The van der Waals surface area contributed by atoms with Gasteiger partial charge in [-0.25, -0.2) is 4.79 Å². The average Bonchev–Trinajstić information content (AvgIpc) is 2.51. The van der Waals surface area contributed by atoms with Crippen molar-refractivity contribution in [1.29, 1.82) is 0 Å². The van der Waals surface area contributed by atoms with Crippen molar-refractivity contribution in [2.45, 2.75) is 19.1 Å². The monoisotopic (exact) mass is 344 g/mol. The zero-order chi connectivity index (χ0) is 17.4. The Morgan fingerprint density at radius 1 is 1.39 bits per heavy atom. The van der Waals surface area contributed by atoms with Gasteiger partial charge in [0.2, 0.25) is 0 Å². The summed E-state index contributed by atoms with van der Waals surface area (Å²) in [5.41, 5.74) is 0.254. The van der Waals surface area contributed by atoms with E-state index in [9.17, 15) is 18.0 Å². The summed E-state index contributed by atoms with van der Waals surface area (Å²) < 4.78 is 43.5. The number of rotatable bonds is 2. The van der Waals surface area contributed by atoms with E-state index in [4.69, 9.17) is 17.0 Å². The number of carbonyl (C=O) groups excluding carboxylic acids is 1. The molecule has 1 aliphatic rings. The number of alkyl halides is 3. The maximum Gasteiger partial charge on any atom is 0.416 e. The number of hydrogen-bond acceptors (Lipinski definition) is 3. The van der Waals surface area contributed by atoms with Crippen molar-refractivity contribution in [2.24, 2.45) is 0 Å². The highest BCUT2D eigenvalue weighted by molar-refractivity contribution is 7.80. The summed E-state index contributed by atoms with van der Waals surface area (Å²) in [7, 11) is 2.88. The molecule has 1 atom stereocenters. The van der Waals surface area contributed by atoms with Crippen LogP contribution in [0.3, 0.4) is 0 Å². The van der Waals surface area contributed by atoms with Crippen LogP contribution in [0, 0.1) is 0 Å². The number of esters is 1. The summed E-state index contributed by atoms with van der Waals surface area (Å²) in [5.74, 6) is -0.619. The molecule has 1 aromatic rings. The van der Waals surface area contributed by atoms with Crippen LogP contribution < -0.4 is 5.32 Å². The normalized spacial score (nSPS) is 18.8. The number of halogens is 3. The average molecular weight is 344 g/mol. The summed E-state index contributed by atoms with van der Waals surface area (Å²) in [5, 5.41) is 3.21. The Labute approximate surface area is 136 Å². The Kier molecular flexibility index (Phi) is 4.65. The van der Waals surface area contributed by atoms with E-state index in [2.05, 4.69) is 5.32 Å². The fourth-order valence-electron chi connectivity index (χ4n) is 2.35. The fraction of sp³-hybridized carbons (Fsp3) is 0.333. The largest absolute Gasteiger partial charge is 0.466 e. The van der Waals surface area contributed by atoms with Crippen molar-refractivity contribution in [3.05, 3.63) is 46.7 Å². The number of carbonyl (C=O) groups is 1. The van der Waals surface area contributed by atoms with Crippen LogP contribution in [0.25, 0.3) is 0 Å². The minimum atomic E-state index is -4.47. The number of methoxy groups -OCH3 is 1.